The molecular formula is C24H31N3O4S. The highest BCUT2D eigenvalue weighted by Crippen LogP contribution is 2.30. The van der Waals surface area contributed by atoms with Crippen LogP contribution in [-0.2, 0) is 26.0 Å². The van der Waals surface area contributed by atoms with E-state index in [-0.39, 0.29) is 23.4 Å². The second-order valence-corrected chi connectivity index (χ2v) is 10.3. The largest absolute Gasteiger partial charge is 0.379 e. The molecule has 2 aliphatic heterocycles. The van der Waals surface area contributed by atoms with E-state index in [1.54, 1.807) is 30.0 Å². The quantitative estimate of drug-likeness (QED) is 0.722. The van der Waals surface area contributed by atoms with Crippen LogP contribution in [-0.4, -0.2) is 58.6 Å². The maximum Gasteiger partial charge on any atom is 0.240 e. The van der Waals surface area contributed by atoms with Crippen molar-refractivity contribution in [2.24, 2.45) is 0 Å². The van der Waals surface area contributed by atoms with Gasteiger partial charge in [0.1, 0.15) is 0 Å². The van der Waals surface area contributed by atoms with Crippen LogP contribution in [0.2, 0.25) is 0 Å². The number of rotatable bonds is 6. The van der Waals surface area contributed by atoms with Crippen molar-refractivity contribution in [3.05, 3.63) is 59.2 Å². The first-order valence-electron chi connectivity index (χ1n) is 11.1. The SMILES string of the molecule is CC(=O)N1CCCc2cc(S(=O)(=O)NCC(c3cccc(C)c3)N3CCOCC3)ccc21. The molecule has 0 saturated carbocycles. The molecule has 1 N–H and O–H groups in total. The van der Waals surface area contributed by atoms with Gasteiger partial charge < -0.3 is 9.64 Å². The van der Waals surface area contributed by atoms with Crippen LogP contribution in [0.1, 0.15) is 36.1 Å². The number of nitrogens with zero attached hydrogens (tertiary/aromatic N) is 2. The Kier molecular flexibility index (Phi) is 6.95. The first-order chi connectivity index (χ1) is 15.3. The minimum Gasteiger partial charge on any atom is -0.379 e. The van der Waals surface area contributed by atoms with Gasteiger partial charge in [0.05, 0.1) is 18.1 Å². The molecule has 8 heteroatoms. The van der Waals surface area contributed by atoms with Crippen LogP contribution in [0.4, 0.5) is 5.69 Å². The molecule has 32 heavy (non-hydrogen) atoms. The Balaban J connectivity index is 1.55. The van der Waals surface area contributed by atoms with Crippen LogP contribution < -0.4 is 9.62 Å². The molecule has 2 aromatic carbocycles. The van der Waals surface area contributed by atoms with Crippen LogP contribution in [0.3, 0.4) is 0 Å². The second kappa shape index (κ2) is 9.70. The molecule has 2 aliphatic rings. The third kappa shape index (κ3) is 5.04. The number of nitrogens with one attached hydrogen (secondary N) is 1. The molecule has 4 rings (SSSR count). The van der Waals surface area contributed by atoms with Gasteiger partial charge in [0.15, 0.2) is 0 Å². The third-order valence-electron chi connectivity index (χ3n) is 6.24. The fourth-order valence-corrected chi connectivity index (χ4v) is 5.65. The van der Waals surface area contributed by atoms with E-state index in [0.717, 1.165) is 48.3 Å². The lowest BCUT2D eigenvalue weighted by atomic mass is 10.0. The van der Waals surface area contributed by atoms with Crippen molar-refractivity contribution in [3.63, 3.8) is 0 Å². The Bertz CT molecular complexity index is 1080. The molecule has 1 fully saturated rings. The lowest BCUT2D eigenvalue weighted by Gasteiger charge is -2.35. The fraction of sp³-hybridized carbons (Fsp3) is 0.458. The number of aryl methyl sites for hydroxylation is 2. The number of benzene rings is 2. The van der Waals surface area contributed by atoms with Gasteiger partial charge in [-0.05, 0) is 49.1 Å². The highest BCUT2D eigenvalue weighted by molar-refractivity contribution is 7.89. The number of carbonyl (C=O) groups excluding carboxylic acids is 1. The number of hydrogen-bond donors (Lipinski definition) is 1. The summed E-state index contributed by atoms with van der Waals surface area (Å²) in [6.45, 7) is 7.35. The number of anilines is 1. The summed E-state index contributed by atoms with van der Waals surface area (Å²) in [7, 11) is -3.69. The number of sulfonamides is 1. The van der Waals surface area contributed by atoms with Gasteiger partial charge in [-0.25, -0.2) is 13.1 Å². The van der Waals surface area contributed by atoms with E-state index in [2.05, 4.69) is 21.8 Å². The number of morpholine rings is 1. The predicted molar refractivity (Wildman–Crippen MR) is 124 cm³/mol. The van der Waals surface area contributed by atoms with Crippen molar-refractivity contribution in [1.29, 1.82) is 0 Å². The first-order valence-corrected chi connectivity index (χ1v) is 12.6. The molecule has 172 valence electrons. The monoisotopic (exact) mass is 457 g/mol. The van der Waals surface area contributed by atoms with Gasteiger partial charge in [-0.15, -0.1) is 0 Å². The zero-order valence-corrected chi connectivity index (χ0v) is 19.5. The predicted octanol–water partition coefficient (Wildman–Crippen LogP) is 2.65. The molecule has 2 heterocycles. The maximum absolute atomic E-state index is 13.2. The zero-order valence-electron chi connectivity index (χ0n) is 18.7. The smallest absolute Gasteiger partial charge is 0.240 e. The van der Waals surface area contributed by atoms with Crippen molar-refractivity contribution in [3.8, 4) is 0 Å². The Morgan fingerprint density at radius 2 is 1.91 bits per heavy atom. The van der Waals surface area contributed by atoms with Gasteiger partial charge in [0.2, 0.25) is 15.9 Å². The van der Waals surface area contributed by atoms with E-state index >= 15 is 0 Å². The molecular weight excluding hydrogens is 426 g/mol. The Hall–Kier alpha value is -2.26. The lowest BCUT2D eigenvalue weighted by molar-refractivity contribution is -0.116. The average Bonchev–Trinajstić information content (AvgIpc) is 2.79. The van der Waals surface area contributed by atoms with E-state index in [1.807, 2.05) is 19.1 Å². The Morgan fingerprint density at radius 3 is 2.62 bits per heavy atom. The van der Waals surface area contributed by atoms with Gasteiger partial charge >= 0.3 is 0 Å². The maximum atomic E-state index is 13.2. The van der Waals surface area contributed by atoms with Crippen LogP contribution in [0, 0.1) is 6.92 Å². The molecule has 0 bridgehead atoms. The Labute approximate surface area is 190 Å². The summed E-state index contributed by atoms with van der Waals surface area (Å²) in [4.78, 5) is 16.1. The van der Waals surface area contributed by atoms with Gasteiger partial charge in [0, 0.05) is 44.8 Å². The standard InChI is InChI=1S/C24H31N3O4S/c1-18-5-3-6-20(15-18)24(26-11-13-31-14-12-26)17-25-32(29,30)22-8-9-23-21(16-22)7-4-10-27(23)19(2)28/h3,5-6,8-9,15-16,24-25H,4,7,10-14,17H2,1-2H3. The molecule has 7 nitrogen and oxygen atoms in total. The zero-order chi connectivity index (χ0) is 22.7. The Morgan fingerprint density at radius 1 is 1.12 bits per heavy atom. The van der Waals surface area contributed by atoms with Crippen molar-refractivity contribution in [1.82, 2.24) is 9.62 Å². The van der Waals surface area contributed by atoms with Gasteiger partial charge in [-0.2, -0.15) is 0 Å². The summed E-state index contributed by atoms with van der Waals surface area (Å²) in [6.07, 6.45) is 1.60. The van der Waals surface area contributed by atoms with Crippen LogP contribution in [0.25, 0.3) is 0 Å². The van der Waals surface area contributed by atoms with Crippen molar-refractivity contribution >= 4 is 21.6 Å². The molecule has 0 radical (unpaired) electrons. The summed E-state index contributed by atoms with van der Waals surface area (Å²) in [6, 6.07) is 13.2. The molecule has 1 amide bonds. The number of carbonyl (C=O) groups is 1. The van der Waals surface area contributed by atoms with E-state index < -0.39 is 10.0 Å². The van der Waals surface area contributed by atoms with E-state index in [1.165, 1.54) is 0 Å². The molecule has 0 spiro atoms. The molecule has 1 atom stereocenters. The normalized spacial score (nSPS) is 18.2. The van der Waals surface area contributed by atoms with Crippen LogP contribution in [0.5, 0.6) is 0 Å². The molecule has 1 unspecified atom stereocenters. The minimum atomic E-state index is -3.69. The number of amides is 1. The van der Waals surface area contributed by atoms with Crippen molar-refractivity contribution < 1.29 is 17.9 Å². The molecule has 1 saturated heterocycles. The number of fused-ring (bicyclic) bond motifs is 1. The summed E-state index contributed by atoms with van der Waals surface area (Å²) in [5.41, 5.74) is 3.96. The van der Waals surface area contributed by atoms with Crippen molar-refractivity contribution in [2.45, 2.75) is 37.6 Å². The summed E-state index contributed by atoms with van der Waals surface area (Å²) in [5.74, 6) is -0.0220. The van der Waals surface area contributed by atoms with E-state index in [9.17, 15) is 13.2 Å². The third-order valence-corrected chi connectivity index (χ3v) is 7.66. The summed E-state index contributed by atoms with van der Waals surface area (Å²) >= 11 is 0. The molecule has 0 aromatic heterocycles. The highest BCUT2D eigenvalue weighted by atomic mass is 32.2. The topological polar surface area (TPSA) is 79.0 Å². The number of ether oxygens (including phenoxy) is 1. The average molecular weight is 458 g/mol. The van der Waals surface area contributed by atoms with Gasteiger partial charge in [-0.3, -0.25) is 9.69 Å². The highest BCUT2D eigenvalue weighted by Gasteiger charge is 2.27. The van der Waals surface area contributed by atoms with E-state index in [4.69, 9.17) is 4.74 Å². The summed E-state index contributed by atoms with van der Waals surface area (Å²) in [5, 5.41) is 0. The number of hydrogen-bond acceptors (Lipinski definition) is 5. The second-order valence-electron chi connectivity index (χ2n) is 8.49. The van der Waals surface area contributed by atoms with Gasteiger partial charge in [0.25, 0.3) is 0 Å². The summed E-state index contributed by atoms with van der Waals surface area (Å²) < 4.78 is 34.7. The van der Waals surface area contributed by atoms with Crippen LogP contribution in [0.15, 0.2) is 47.4 Å². The van der Waals surface area contributed by atoms with Crippen molar-refractivity contribution in [2.75, 3.05) is 44.3 Å². The molecule has 0 aliphatic carbocycles. The van der Waals surface area contributed by atoms with E-state index in [0.29, 0.717) is 19.8 Å². The lowest BCUT2D eigenvalue weighted by Crippen LogP contribution is -2.43. The fourth-order valence-electron chi connectivity index (χ4n) is 4.56. The minimum absolute atomic E-state index is 0.0220. The first kappa shape index (κ1) is 22.9. The van der Waals surface area contributed by atoms with Crippen LogP contribution >= 0.6 is 0 Å². The van der Waals surface area contributed by atoms with Gasteiger partial charge in [-0.1, -0.05) is 29.8 Å². The molecule has 2 aromatic rings.